The molecule has 2 nitrogen and oxygen atoms in total. The Morgan fingerprint density at radius 1 is 1.11 bits per heavy atom. The predicted molar refractivity (Wildman–Crippen MR) is 82.0 cm³/mol. The van der Waals surface area contributed by atoms with Gasteiger partial charge >= 0.3 is 0 Å². The molecule has 1 heterocycles. The van der Waals surface area contributed by atoms with Crippen LogP contribution in [0.4, 0.5) is 0 Å². The summed E-state index contributed by atoms with van der Waals surface area (Å²) in [5.41, 5.74) is 2.56. The van der Waals surface area contributed by atoms with E-state index >= 15 is 0 Å². The molecule has 0 bridgehead atoms. The van der Waals surface area contributed by atoms with Gasteiger partial charge in [0.25, 0.3) is 0 Å². The van der Waals surface area contributed by atoms with Crippen molar-refractivity contribution < 1.29 is 4.74 Å². The van der Waals surface area contributed by atoms with Crippen LogP contribution in [0.25, 0.3) is 0 Å². The summed E-state index contributed by atoms with van der Waals surface area (Å²) >= 11 is 1.81. The summed E-state index contributed by atoms with van der Waals surface area (Å²) in [5.74, 6) is 0.942. The number of thiophene rings is 1. The highest BCUT2D eigenvalue weighted by Gasteiger charge is 2.16. The first kappa shape index (κ1) is 14.1. The third kappa shape index (κ3) is 3.17. The maximum absolute atomic E-state index is 5.43. The van der Waals surface area contributed by atoms with Crippen molar-refractivity contribution in [3.8, 4) is 5.75 Å². The fourth-order valence-electron chi connectivity index (χ4n) is 2.39. The third-order valence-corrected chi connectivity index (χ3v) is 4.60. The summed E-state index contributed by atoms with van der Waals surface area (Å²) < 4.78 is 5.43. The molecule has 102 valence electrons. The summed E-state index contributed by atoms with van der Waals surface area (Å²) in [7, 11) is 1.72. The van der Waals surface area contributed by atoms with Gasteiger partial charge in [0.2, 0.25) is 0 Å². The Hall–Kier alpha value is -1.32. The van der Waals surface area contributed by atoms with E-state index < -0.39 is 0 Å². The number of hydrogen-bond donors (Lipinski definition) is 1. The van der Waals surface area contributed by atoms with E-state index in [-0.39, 0.29) is 6.04 Å². The number of nitrogens with one attached hydrogen (secondary N) is 1. The number of aryl methyl sites for hydroxylation is 1. The first-order chi connectivity index (χ1) is 9.13. The van der Waals surface area contributed by atoms with Gasteiger partial charge in [0.05, 0.1) is 7.11 Å². The Morgan fingerprint density at radius 2 is 1.84 bits per heavy atom. The molecule has 19 heavy (non-hydrogen) atoms. The lowest BCUT2D eigenvalue weighted by atomic mass is 10.1. The maximum Gasteiger partial charge on any atom is 0.123 e. The minimum absolute atomic E-state index is 0.257. The number of hydrogen-bond acceptors (Lipinski definition) is 3. The topological polar surface area (TPSA) is 21.3 Å². The molecule has 2 aromatic rings. The fraction of sp³-hybridized carbons (Fsp3) is 0.375. The number of ether oxygens (including phenoxy) is 1. The van der Waals surface area contributed by atoms with E-state index in [1.807, 2.05) is 23.5 Å². The normalized spacial score (nSPS) is 14.1. The van der Waals surface area contributed by atoms with Crippen molar-refractivity contribution in [2.75, 3.05) is 7.11 Å². The maximum atomic E-state index is 5.43. The molecular weight excluding hydrogens is 254 g/mol. The molecule has 1 aromatic carbocycles. The first-order valence-electron chi connectivity index (χ1n) is 6.56. The SMILES string of the molecule is COc1ccccc1C(C)NC(C)c1sccc1C. The Balaban J connectivity index is 2.13. The molecule has 0 saturated heterocycles. The standard InChI is InChI=1S/C16H21NOS/c1-11-9-10-19-16(11)13(3)17-12(2)14-7-5-6-8-15(14)18-4/h5-10,12-13,17H,1-4H3. The molecule has 2 unspecified atom stereocenters. The van der Waals surface area contributed by atoms with Crippen molar-refractivity contribution in [2.24, 2.45) is 0 Å². The lowest BCUT2D eigenvalue weighted by Gasteiger charge is -2.22. The van der Waals surface area contributed by atoms with Crippen molar-refractivity contribution in [1.29, 1.82) is 0 Å². The van der Waals surface area contributed by atoms with E-state index in [0.717, 1.165) is 5.75 Å². The smallest absolute Gasteiger partial charge is 0.123 e. The Labute approximate surface area is 119 Å². The molecule has 0 amide bonds. The summed E-state index contributed by atoms with van der Waals surface area (Å²) in [6.45, 7) is 6.56. The number of benzene rings is 1. The minimum atomic E-state index is 0.257. The van der Waals surface area contributed by atoms with Gasteiger partial charge in [-0.3, -0.25) is 0 Å². The van der Waals surface area contributed by atoms with Gasteiger partial charge in [0.1, 0.15) is 5.75 Å². The van der Waals surface area contributed by atoms with Crippen molar-refractivity contribution in [1.82, 2.24) is 5.32 Å². The molecular formula is C16H21NOS. The average molecular weight is 275 g/mol. The van der Waals surface area contributed by atoms with E-state index in [0.29, 0.717) is 6.04 Å². The van der Waals surface area contributed by atoms with Crippen LogP contribution in [-0.4, -0.2) is 7.11 Å². The van der Waals surface area contributed by atoms with Gasteiger partial charge in [-0.15, -0.1) is 11.3 Å². The molecule has 0 spiro atoms. The van der Waals surface area contributed by atoms with Gasteiger partial charge < -0.3 is 10.1 Å². The van der Waals surface area contributed by atoms with E-state index in [1.54, 1.807) is 7.11 Å². The molecule has 0 aliphatic heterocycles. The highest BCUT2D eigenvalue weighted by molar-refractivity contribution is 7.10. The van der Waals surface area contributed by atoms with Crippen molar-refractivity contribution >= 4 is 11.3 Å². The van der Waals surface area contributed by atoms with Crippen molar-refractivity contribution in [3.05, 3.63) is 51.7 Å². The van der Waals surface area contributed by atoms with E-state index in [4.69, 9.17) is 4.74 Å². The van der Waals surface area contributed by atoms with Gasteiger partial charge in [0.15, 0.2) is 0 Å². The van der Waals surface area contributed by atoms with Crippen LogP contribution in [0, 0.1) is 6.92 Å². The molecule has 2 rings (SSSR count). The minimum Gasteiger partial charge on any atom is -0.496 e. The zero-order valence-corrected chi connectivity index (χ0v) is 12.8. The molecule has 0 aliphatic rings. The van der Waals surface area contributed by atoms with Crippen LogP contribution in [0.5, 0.6) is 5.75 Å². The Morgan fingerprint density at radius 3 is 2.47 bits per heavy atom. The quantitative estimate of drug-likeness (QED) is 0.869. The van der Waals surface area contributed by atoms with Crippen LogP contribution in [0.1, 0.15) is 41.9 Å². The molecule has 1 aromatic heterocycles. The monoisotopic (exact) mass is 275 g/mol. The molecule has 3 heteroatoms. The lowest BCUT2D eigenvalue weighted by molar-refractivity contribution is 0.397. The van der Waals surface area contributed by atoms with E-state index in [9.17, 15) is 0 Å². The van der Waals surface area contributed by atoms with Crippen LogP contribution < -0.4 is 10.1 Å². The number of methoxy groups -OCH3 is 1. The fourth-order valence-corrected chi connectivity index (χ4v) is 3.34. The Bertz CT molecular complexity index is 535. The van der Waals surface area contributed by atoms with Gasteiger partial charge in [-0.2, -0.15) is 0 Å². The van der Waals surface area contributed by atoms with Crippen LogP contribution >= 0.6 is 11.3 Å². The van der Waals surface area contributed by atoms with Gasteiger partial charge in [0, 0.05) is 22.5 Å². The molecule has 2 atom stereocenters. The number of para-hydroxylation sites is 1. The Kier molecular flexibility index (Phi) is 4.61. The zero-order valence-electron chi connectivity index (χ0n) is 11.9. The first-order valence-corrected chi connectivity index (χ1v) is 7.44. The van der Waals surface area contributed by atoms with Crippen LogP contribution in [-0.2, 0) is 0 Å². The molecule has 0 aliphatic carbocycles. The predicted octanol–water partition coefficient (Wildman–Crippen LogP) is 4.48. The summed E-state index contributed by atoms with van der Waals surface area (Å²) in [6.07, 6.45) is 0. The highest BCUT2D eigenvalue weighted by atomic mass is 32.1. The molecule has 1 N–H and O–H groups in total. The van der Waals surface area contributed by atoms with Crippen LogP contribution in [0.15, 0.2) is 35.7 Å². The zero-order chi connectivity index (χ0) is 13.8. The van der Waals surface area contributed by atoms with Gasteiger partial charge in [-0.05, 0) is 43.8 Å². The largest absolute Gasteiger partial charge is 0.496 e. The highest BCUT2D eigenvalue weighted by Crippen LogP contribution is 2.29. The van der Waals surface area contributed by atoms with Crippen LogP contribution in [0.3, 0.4) is 0 Å². The second kappa shape index (κ2) is 6.22. The third-order valence-electron chi connectivity index (χ3n) is 3.40. The molecule has 0 fully saturated rings. The summed E-state index contributed by atoms with van der Waals surface area (Å²) in [4.78, 5) is 1.40. The van der Waals surface area contributed by atoms with Crippen molar-refractivity contribution in [3.63, 3.8) is 0 Å². The average Bonchev–Trinajstić information content (AvgIpc) is 2.85. The van der Waals surface area contributed by atoms with Gasteiger partial charge in [-0.25, -0.2) is 0 Å². The second-order valence-electron chi connectivity index (χ2n) is 4.82. The molecule has 0 saturated carbocycles. The van der Waals surface area contributed by atoms with Crippen molar-refractivity contribution in [2.45, 2.75) is 32.9 Å². The van der Waals surface area contributed by atoms with Crippen LogP contribution in [0.2, 0.25) is 0 Å². The van der Waals surface area contributed by atoms with E-state index in [2.05, 4.69) is 49.7 Å². The summed E-state index contributed by atoms with van der Waals surface area (Å²) in [6, 6.07) is 11.0. The van der Waals surface area contributed by atoms with E-state index in [1.165, 1.54) is 16.0 Å². The number of rotatable bonds is 5. The molecule has 0 radical (unpaired) electrons. The van der Waals surface area contributed by atoms with Gasteiger partial charge in [-0.1, -0.05) is 18.2 Å². The lowest BCUT2D eigenvalue weighted by Crippen LogP contribution is -2.22. The summed E-state index contributed by atoms with van der Waals surface area (Å²) in [5, 5.41) is 5.79. The second-order valence-corrected chi connectivity index (χ2v) is 5.77.